The van der Waals surface area contributed by atoms with Crippen molar-refractivity contribution < 1.29 is 9.53 Å². The van der Waals surface area contributed by atoms with Crippen molar-refractivity contribution in [2.45, 2.75) is 13.5 Å². The smallest absolute Gasteiger partial charge is 0.409 e. The summed E-state index contributed by atoms with van der Waals surface area (Å²) in [6.07, 6.45) is -0.224. The number of hydrogen-bond donors (Lipinski definition) is 1. The molecule has 0 radical (unpaired) electrons. The van der Waals surface area contributed by atoms with Gasteiger partial charge in [-0.2, -0.15) is 11.3 Å². The Balaban J connectivity index is 1.80. The van der Waals surface area contributed by atoms with Crippen LogP contribution in [0, 0.1) is 0 Å². The van der Waals surface area contributed by atoms with Gasteiger partial charge in [0.1, 0.15) is 0 Å². The number of hydrogen-bond acceptors (Lipinski definition) is 4. The number of carbonyl (C=O) groups is 1. The molecule has 1 saturated heterocycles. The van der Waals surface area contributed by atoms with Crippen LogP contribution in [0.5, 0.6) is 0 Å². The number of nitrogens with zero attached hydrogens (tertiary/aromatic N) is 3. The molecule has 0 aliphatic carbocycles. The minimum Gasteiger partial charge on any atom is -0.450 e. The number of nitrogens with one attached hydrogen (secondary N) is 1. The van der Waals surface area contributed by atoms with Gasteiger partial charge in [-0.05, 0) is 29.3 Å². The van der Waals surface area contributed by atoms with Gasteiger partial charge in [-0.1, -0.05) is 0 Å². The first-order chi connectivity index (χ1) is 10.2. The van der Waals surface area contributed by atoms with Crippen LogP contribution in [0.25, 0.3) is 0 Å². The highest BCUT2D eigenvalue weighted by molar-refractivity contribution is 7.07. The molecule has 116 valence electrons. The Bertz CT molecular complexity index is 467. The van der Waals surface area contributed by atoms with Crippen LogP contribution in [0.4, 0.5) is 4.79 Å². The Labute approximate surface area is 129 Å². The fraction of sp³-hybridized carbons (Fsp3) is 0.571. The van der Waals surface area contributed by atoms with E-state index in [0.29, 0.717) is 19.7 Å². The monoisotopic (exact) mass is 310 g/mol. The van der Waals surface area contributed by atoms with Gasteiger partial charge in [-0.3, -0.25) is 4.99 Å². The van der Waals surface area contributed by atoms with Crippen molar-refractivity contribution in [3.8, 4) is 0 Å². The summed E-state index contributed by atoms with van der Waals surface area (Å²) in [5.74, 6) is 0.879. The fourth-order valence-electron chi connectivity index (χ4n) is 2.22. The Morgan fingerprint density at radius 2 is 2.10 bits per heavy atom. The number of amides is 1. The molecule has 6 nitrogen and oxygen atoms in total. The highest BCUT2D eigenvalue weighted by Gasteiger charge is 2.23. The lowest BCUT2D eigenvalue weighted by Gasteiger charge is -2.35. The Hall–Kier alpha value is -1.76. The highest BCUT2D eigenvalue weighted by Crippen LogP contribution is 2.07. The summed E-state index contributed by atoms with van der Waals surface area (Å²) in [5, 5.41) is 7.55. The summed E-state index contributed by atoms with van der Waals surface area (Å²) in [6, 6.07) is 2.10. The molecule has 1 amide bonds. The summed E-state index contributed by atoms with van der Waals surface area (Å²) in [5.41, 5.74) is 1.26. The van der Waals surface area contributed by atoms with Gasteiger partial charge in [0.15, 0.2) is 5.96 Å². The summed E-state index contributed by atoms with van der Waals surface area (Å²) >= 11 is 1.69. The number of rotatable bonds is 3. The molecule has 21 heavy (non-hydrogen) atoms. The molecule has 0 spiro atoms. The molecule has 1 aromatic heterocycles. The Kier molecular flexibility index (Phi) is 5.86. The maximum atomic E-state index is 11.7. The van der Waals surface area contributed by atoms with Crippen LogP contribution in [-0.2, 0) is 11.3 Å². The van der Waals surface area contributed by atoms with Crippen molar-refractivity contribution in [3.63, 3.8) is 0 Å². The molecule has 2 heterocycles. The van der Waals surface area contributed by atoms with Gasteiger partial charge in [0.25, 0.3) is 0 Å². The van der Waals surface area contributed by atoms with E-state index >= 15 is 0 Å². The van der Waals surface area contributed by atoms with Crippen molar-refractivity contribution in [3.05, 3.63) is 22.4 Å². The largest absolute Gasteiger partial charge is 0.450 e. The number of ether oxygens (including phenoxy) is 1. The lowest BCUT2D eigenvalue weighted by molar-refractivity contribution is 0.0914. The fourth-order valence-corrected chi connectivity index (χ4v) is 2.89. The number of thiophene rings is 1. The molecule has 1 N–H and O–H groups in total. The molecule has 0 saturated carbocycles. The topological polar surface area (TPSA) is 57.2 Å². The number of aliphatic imine (C=N–C) groups is 1. The average Bonchev–Trinajstić information content (AvgIpc) is 3.02. The Morgan fingerprint density at radius 1 is 1.38 bits per heavy atom. The zero-order valence-electron chi connectivity index (χ0n) is 12.5. The van der Waals surface area contributed by atoms with E-state index in [9.17, 15) is 4.79 Å². The zero-order chi connectivity index (χ0) is 15.1. The third kappa shape index (κ3) is 4.35. The summed E-state index contributed by atoms with van der Waals surface area (Å²) in [7, 11) is 1.79. The van der Waals surface area contributed by atoms with E-state index in [-0.39, 0.29) is 6.09 Å². The quantitative estimate of drug-likeness (QED) is 0.680. The standard InChI is InChI=1S/C14H22N4O2S/c1-3-20-14(19)18-7-5-17(6-8-18)13(15-2)16-10-12-4-9-21-11-12/h4,9,11H,3,5-8,10H2,1-2H3,(H,15,16). The second-order valence-electron chi connectivity index (χ2n) is 4.71. The van der Waals surface area contributed by atoms with Gasteiger partial charge in [-0.15, -0.1) is 0 Å². The van der Waals surface area contributed by atoms with Crippen molar-refractivity contribution in [2.75, 3.05) is 39.8 Å². The molecular formula is C14H22N4O2S. The second kappa shape index (κ2) is 7.87. The molecule has 1 aliphatic heterocycles. The molecule has 0 bridgehead atoms. The van der Waals surface area contributed by atoms with Crippen LogP contribution < -0.4 is 5.32 Å². The number of guanidine groups is 1. The van der Waals surface area contributed by atoms with E-state index in [1.54, 1.807) is 23.3 Å². The van der Waals surface area contributed by atoms with E-state index < -0.39 is 0 Å². The van der Waals surface area contributed by atoms with Gasteiger partial charge in [0.05, 0.1) is 6.61 Å². The molecule has 1 fully saturated rings. The van der Waals surface area contributed by atoms with Gasteiger partial charge in [0.2, 0.25) is 0 Å². The van der Waals surface area contributed by atoms with Gasteiger partial charge >= 0.3 is 6.09 Å². The molecule has 0 aromatic carbocycles. The van der Waals surface area contributed by atoms with Gasteiger partial charge in [-0.25, -0.2) is 4.79 Å². The van der Waals surface area contributed by atoms with E-state index in [1.807, 2.05) is 6.92 Å². The van der Waals surface area contributed by atoms with E-state index in [0.717, 1.165) is 25.6 Å². The van der Waals surface area contributed by atoms with Crippen LogP contribution in [0.2, 0.25) is 0 Å². The van der Waals surface area contributed by atoms with Crippen LogP contribution in [0.1, 0.15) is 12.5 Å². The summed E-state index contributed by atoms with van der Waals surface area (Å²) < 4.78 is 5.02. The van der Waals surface area contributed by atoms with Crippen molar-refractivity contribution >= 4 is 23.4 Å². The Morgan fingerprint density at radius 3 is 2.67 bits per heavy atom. The normalized spacial score (nSPS) is 16.0. The first-order valence-corrected chi connectivity index (χ1v) is 8.07. The van der Waals surface area contributed by atoms with Crippen molar-refractivity contribution in [1.29, 1.82) is 0 Å². The first-order valence-electron chi connectivity index (χ1n) is 7.13. The average molecular weight is 310 g/mol. The van der Waals surface area contributed by atoms with Crippen LogP contribution >= 0.6 is 11.3 Å². The second-order valence-corrected chi connectivity index (χ2v) is 5.49. The predicted octanol–water partition coefficient (Wildman–Crippen LogP) is 1.60. The first kappa shape index (κ1) is 15.6. The van der Waals surface area contributed by atoms with E-state index in [1.165, 1.54) is 5.56 Å². The SMILES string of the molecule is CCOC(=O)N1CCN(C(=NC)NCc2ccsc2)CC1. The number of piperazine rings is 1. The third-order valence-electron chi connectivity index (χ3n) is 3.35. The van der Waals surface area contributed by atoms with E-state index in [2.05, 4.69) is 32.0 Å². The maximum Gasteiger partial charge on any atom is 0.409 e. The lowest BCUT2D eigenvalue weighted by Crippen LogP contribution is -2.53. The van der Waals surface area contributed by atoms with Crippen molar-refractivity contribution in [2.24, 2.45) is 4.99 Å². The minimum atomic E-state index is -0.224. The maximum absolute atomic E-state index is 11.7. The molecule has 2 rings (SSSR count). The molecule has 0 atom stereocenters. The van der Waals surface area contributed by atoms with Crippen LogP contribution in [-0.4, -0.2) is 61.7 Å². The van der Waals surface area contributed by atoms with Crippen LogP contribution in [0.15, 0.2) is 21.8 Å². The third-order valence-corrected chi connectivity index (χ3v) is 4.08. The zero-order valence-corrected chi connectivity index (χ0v) is 13.4. The molecule has 1 aromatic rings. The highest BCUT2D eigenvalue weighted by atomic mass is 32.1. The van der Waals surface area contributed by atoms with E-state index in [4.69, 9.17) is 4.74 Å². The summed E-state index contributed by atoms with van der Waals surface area (Å²) in [6.45, 7) is 5.88. The molecular weight excluding hydrogens is 288 g/mol. The number of carbonyl (C=O) groups excluding carboxylic acids is 1. The molecule has 1 aliphatic rings. The van der Waals surface area contributed by atoms with Crippen molar-refractivity contribution in [1.82, 2.24) is 15.1 Å². The molecule has 0 unspecified atom stereocenters. The molecule has 7 heteroatoms. The lowest BCUT2D eigenvalue weighted by atomic mass is 10.3. The summed E-state index contributed by atoms with van der Waals surface area (Å²) in [4.78, 5) is 19.9. The van der Waals surface area contributed by atoms with Gasteiger partial charge in [0, 0.05) is 39.8 Å². The minimum absolute atomic E-state index is 0.224. The van der Waals surface area contributed by atoms with Crippen LogP contribution in [0.3, 0.4) is 0 Å². The van der Waals surface area contributed by atoms with Gasteiger partial charge < -0.3 is 19.9 Å². The predicted molar refractivity (Wildman–Crippen MR) is 84.7 cm³/mol.